The van der Waals surface area contributed by atoms with Gasteiger partial charge in [0.2, 0.25) is 11.9 Å². The molecule has 4 rings (SSSR count). The maximum absolute atomic E-state index is 13.7. The minimum Gasteiger partial charge on any atom is -0.351 e. The quantitative estimate of drug-likeness (QED) is 0.679. The lowest BCUT2D eigenvalue weighted by molar-refractivity contribution is 0.590. The summed E-state index contributed by atoms with van der Waals surface area (Å²) in [6.45, 7) is 0. The van der Waals surface area contributed by atoms with E-state index in [0.717, 1.165) is 12.8 Å². The Morgan fingerprint density at radius 2 is 1.83 bits per heavy atom. The van der Waals surface area contributed by atoms with Gasteiger partial charge in [-0.05, 0) is 25.0 Å². The van der Waals surface area contributed by atoms with Crippen molar-refractivity contribution in [2.75, 3.05) is 10.6 Å². The van der Waals surface area contributed by atoms with Gasteiger partial charge in [0.1, 0.15) is 22.8 Å². The van der Waals surface area contributed by atoms with Gasteiger partial charge < -0.3 is 15.6 Å². The Labute approximate surface area is 136 Å². The van der Waals surface area contributed by atoms with Gasteiger partial charge in [-0.1, -0.05) is 18.9 Å². The number of imidazole rings is 1. The van der Waals surface area contributed by atoms with Gasteiger partial charge in [0.05, 0.1) is 6.20 Å². The summed E-state index contributed by atoms with van der Waals surface area (Å²) in [6.07, 6.45) is 6.26. The first-order valence-corrected chi connectivity index (χ1v) is 7.89. The molecule has 0 radical (unpaired) electrons. The zero-order valence-electron chi connectivity index (χ0n) is 12.8. The molecule has 0 aliphatic heterocycles. The maximum Gasteiger partial charge on any atom is 0.225 e. The average molecular weight is 330 g/mol. The molecule has 0 saturated heterocycles. The predicted molar refractivity (Wildman–Crippen MR) is 87.2 cm³/mol. The predicted octanol–water partition coefficient (Wildman–Crippen LogP) is 3.73. The molecule has 2 aromatic heterocycles. The number of rotatable bonds is 4. The number of anilines is 3. The molecule has 1 fully saturated rings. The summed E-state index contributed by atoms with van der Waals surface area (Å²) in [5.41, 5.74) is 0.768. The fourth-order valence-electron chi connectivity index (χ4n) is 2.92. The number of nitrogens with zero attached hydrogens (tertiary/aromatic N) is 3. The van der Waals surface area contributed by atoms with E-state index in [9.17, 15) is 8.78 Å². The van der Waals surface area contributed by atoms with Crippen molar-refractivity contribution in [2.45, 2.75) is 31.7 Å². The second kappa shape index (κ2) is 6.03. The van der Waals surface area contributed by atoms with Gasteiger partial charge in [0.15, 0.2) is 5.65 Å². The summed E-state index contributed by atoms with van der Waals surface area (Å²) in [5.74, 6) is -0.652. The molecule has 3 aromatic rings. The van der Waals surface area contributed by atoms with Gasteiger partial charge in [0, 0.05) is 6.04 Å². The molecule has 24 heavy (non-hydrogen) atoms. The molecule has 0 amide bonds. The topological polar surface area (TPSA) is 78.5 Å². The number of benzene rings is 1. The highest BCUT2D eigenvalue weighted by Crippen LogP contribution is 2.24. The number of aromatic nitrogens is 4. The monoisotopic (exact) mass is 330 g/mol. The van der Waals surface area contributed by atoms with Crippen LogP contribution < -0.4 is 10.6 Å². The van der Waals surface area contributed by atoms with Crippen molar-refractivity contribution < 1.29 is 8.78 Å². The molecule has 3 N–H and O–H groups in total. The molecule has 124 valence electrons. The molecule has 0 spiro atoms. The Morgan fingerprint density at radius 1 is 1.08 bits per heavy atom. The number of fused-ring (bicyclic) bond motifs is 1. The lowest BCUT2D eigenvalue weighted by atomic mass is 10.2. The molecule has 0 atom stereocenters. The van der Waals surface area contributed by atoms with Crippen LogP contribution in [0.5, 0.6) is 0 Å². The molecule has 1 aliphatic rings. The molecular formula is C16H16F2N6. The minimum absolute atomic E-state index is 0.210. The number of aromatic amines is 1. The second-order valence-corrected chi connectivity index (χ2v) is 5.86. The highest BCUT2D eigenvalue weighted by Gasteiger charge is 2.16. The van der Waals surface area contributed by atoms with Crippen LogP contribution in [0.15, 0.2) is 24.4 Å². The van der Waals surface area contributed by atoms with E-state index in [1.807, 2.05) is 0 Å². The Bertz CT molecular complexity index is 852. The van der Waals surface area contributed by atoms with Crippen LogP contribution >= 0.6 is 0 Å². The number of halogens is 2. The van der Waals surface area contributed by atoms with E-state index in [2.05, 4.69) is 30.6 Å². The first kappa shape index (κ1) is 14.8. The van der Waals surface area contributed by atoms with Crippen molar-refractivity contribution in [2.24, 2.45) is 0 Å². The van der Waals surface area contributed by atoms with Gasteiger partial charge in [-0.15, -0.1) is 0 Å². The molecule has 1 aromatic carbocycles. The van der Waals surface area contributed by atoms with E-state index in [4.69, 9.17) is 0 Å². The third kappa shape index (κ3) is 2.86. The molecule has 1 aliphatic carbocycles. The van der Waals surface area contributed by atoms with Crippen LogP contribution in [0, 0.1) is 11.6 Å². The molecule has 8 heteroatoms. The van der Waals surface area contributed by atoms with Crippen LogP contribution in [0.3, 0.4) is 0 Å². The van der Waals surface area contributed by atoms with Crippen molar-refractivity contribution in [1.82, 2.24) is 19.9 Å². The van der Waals surface area contributed by atoms with Crippen LogP contribution in [0.2, 0.25) is 0 Å². The van der Waals surface area contributed by atoms with Crippen LogP contribution in [-0.4, -0.2) is 26.0 Å². The normalized spacial score (nSPS) is 15.1. The highest BCUT2D eigenvalue weighted by atomic mass is 19.1. The van der Waals surface area contributed by atoms with Crippen molar-refractivity contribution in [1.29, 1.82) is 0 Å². The van der Waals surface area contributed by atoms with Gasteiger partial charge in [0.25, 0.3) is 0 Å². The fraction of sp³-hybridized carbons (Fsp3) is 0.312. The largest absolute Gasteiger partial charge is 0.351 e. The van der Waals surface area contributed by atoms with Crippen LogP contribution in [-0.2, 0) is 0 Å². The van der Waals surface area contributed by atoms with E-state index in [-0.39, 0.29) is 11.6 Å². The number of H-pyrrole nitrogens is 1. The molecule has 2 heterocycles. The van der Waals surface area contributed by atoms with Gasteiger partial charge in [-0.25, -0.2) is 13.8 Å². The number of hydrogen-bond acceptors (Lipinski definition) is 5. The van der Waals surface area contributed by atoms with E-state index >= 15 is 0 Å². The number of hydrogen-bond donors (Lipinski definition) is 3. The van der Waals surface area contributed by atoms with Crippen LogP contribution in [0.1, 0.15) is 25.7 Å². The minimum atomic E-state index is -0.690. The molecular weight excluding hydrogens is 314 g/mol. The zero-order chi connectivity index (χ0) is 16.5. The highest BCUT2D eigenvalue weighted by molar-refractivity contribution is 5.75. The van der Waals surface area contributed by atoms with Gasteiger partial charge >= 0.3 is 0 Å². The lowest BCUT2D eigenvalue weighted by Gasteiger charge is -2.10. The molecule has 1 saturated carbocycles. The van der Waals surface area contributed by atoms with Gasteiger partial charge in [-0.2, -0.15) is 9.97 Å². The Hall–Kier alpha value is -2.77. The fourth-order valence-corrected chi connectivity index (χ4v) is 2.92. The number of para-hydroxylation sites is 1. The zero-order valence-corrected chi connectivity index (χ0v) is 12.8. The van der Waals surface area contributed by atoms with Crippen molar-refractivity contribution in [3.05, 3.63) is 36.0 Å². The Kier molecular flexibility index (Phi) is 3.72. The molecule has 6 nitrogen and oxygen atoms in total. The Morgan fingerprint density at radius 3 is 2.58 bits per heavy atom. The lowest BCUT2D eigenvalue weighted by Crippen LogP contribution is -2.16. The van der Waals surface area contributed by atoms with E-state index in [1.165, 1.54) is 31.0 Å². The Balaban J connectivity index is 1.58. The summed E-state index contributed by atoms with van der Waals surface area (Å²) < 4.78 is 27.4. The summed E-state index contributed by atoms with van der Waals surface area (Å²) in [6, 6.07) is 4.06. The SMILES string of the molecule is Fc1cccc(F)c1Nc1nc2nc(NC3CCCC3)ncc2[nH]1. The third-order valence-corrected chi connectivity index (χ3v) is 4.13. The van der Waals surface area contributed by atoms with Gasteiger partial charge in [-0.3, -0.25) is 0 Å². The summed E-state index contributed by atoms with van der Waals surface area (Å²) in [4.78, 5) is 15.8. The molecule has 0 unspecified atom stereocenters. The number of nitrogens with one attached hydrogen (secondary N) is 3. The van der Waals surface area contributed by atoms with Crippen molar-refractivity contribution >= 4 is 28.7 Å². The van der Waals surface area contributed by atoms with E-state index in [0.29, 0.717) is 23.2 Å². The van der Waals surface area contributed by atoms with Crippen LogP contribution in [0.25, 0.3) is 11.2 Å². The van der Waals surface area contributed by atoms with Crippen molar-refractivity contribution in [3.63, 3.8) is 0 Å². The average Bonchev–Trinajstić information content (AvgIpc) is 3.20. The molecule has 0 bridgehead atoms. The summed E-state index contributed by atoms with van der Waals surface area (Å²) in [5, 5.41) is 5.91. The standard InChI is InChI=1S/C16H16F2N6/c17-10-6-3-7-11(18)13(10)22-16-21-12-8-19-15(23-14(12)24-16)20-9-4-1-2-5-9/h3,6-9H,1-2,4-5H2,(H3,19,20,21,22,23,24). The van der Waals surface area contributed by atoms with Crippen LogP contribution in [0.4, 0.5) is 26.4 Å². The first-order chi connectivity index (χ1) is 11.7. The van der Waals surface area contributed by atoms with E-state index in [1.54, 1.807) is 6.20 Å². The second-order valence-electron chi connectivity index (χ2n) is 5.86. The summed E-state index contributed by atoms with van der Waals surface area (Å²) >= 11 is 0. The maximum atomic E-state index is 13.7. The first-order valence-electron chi connectivity index (χ1n) is 7.89. The van der Waals surface area contributed by atoms with E-state index < -0.39 is 11.6 Å². The summed E-state index contributed by atoms with van der Waals surface area (Å²) in [7, 11) is 0. The smallest absolute Gasteiger partial charge is 0.225 e. The van der Waals surface area contributed by atoms with Crippen molar-refractivity contribution in [3.8, 4) is 0 Å². The third-order valence-electron chi connectivity index (χ3n) is 4.13.